The van der Waals surface area contributed by atoms with Gasteiger partial charge in [0.05, 0.1) is 4.88 Å². The maximum atomic E-state index is 11.0. The number of rotatable bonds is 1. The van der Waals surface area contributed by atoms with Crippen molar-refractivity contribution in [3.8, 4) is 0 Å². The first-order chi connectivity index (χ1) is 5.27. The number of hydrogen-bond acceptors (Lipinski definition) is 2. The fourth-order valence-electron chi connectivity index (χ4n) is 1.50. The van der Waals surface area contributed by atoms with Crippen molar-refractivity contribution in [1.82, 2.24) is 0 Å². The molecule has 2 heteroatoms. The highest BCUT2D eigenvalue weighted by atomic mass is 32.1. The van der Waals surface area contributed by atoms with Gasteiger partial charge in [0.1, 0.15) is 0 Å². The molecule has 1 heterocycles. The lowest BCUT2D eigenvalue weighted by Gasteiger charge is -1.85. The molecule has 0 unspecified atom stereocenters. The van der Waals surface area contributed by atoms with Crippen molar-refractivity contribution >= 4 is 17.1 Å². The molecule has 0 saturated carbocycles. The molecule has 0 radical (unpaired) electrons. The Hall–Kier alpha value is -0.630. The molecule has 2 rings (SSSR count). The minimum Gasteiger partial charge on any atom is -0.294 e. The van der Waals surface area contributed by atoms with E-state index in [9.17, 15) is 4.79 Å². The molecule has 0 bridgehead atoms. The molecule has 1 aliphatic carbocycles. The Balaban J connectivity index is 2.42. The molecule has 0 N–H and O–H groups in total. The third kappa shape index (κ3) is 1.11. The van der Waals surface area contributed by atoms with Crippen molar-refractivity contribution in [3.63, 3.8) is 0 Å². The van der Waals surface area contributed by atoms with Gasteiger partial charge in [-0.25, -0.2) is 0 Å². The van der Waals surface area contributed by atoms with E-state index in [-0.39, 0.29) is 5.78 Å². The van der Waals surface area contributed by atoms with Crippen LogP contribution in [0.25, 0.3) is 0 Å². The van der Waals surface area contributed by atoms with Crippen LogP contribution in [-0.2, 0) is 12.8 Å². The van der Waals surface area contributed by atoms with Gasteiger partial charge in [0.2, 0.25) is 0 Å². The predicted molar refractivity (Wildman–Crippen MR) is 46.3 cm³/mol. The molecule has 0 atom stereocenters. The molecule has 0 saturated heterocycles. The van der Waals surface area contributed by atoms with Gasteiger partial charge in [-0.1, -0.05) is 0 Å². The number of carbonyl (C=O) groups excluding carboxylic acids is 1. The van der Waals surface area contributed by atoms with Crippen LogP contribution in [0.3, 0.4) is 0 Å². The van der Waals surface area contributed by atoms with Gasteiger partial charge in [-0.15, -0.1) is 11.3 Å². The quantitative estimate of drug-likeness (QED) is 0.586. The zero-order valence-electron chi connectivity index (χ0n) is 6.52. The van der Waals surface area contributed by atoms with Crippen molar-refractivity contribution in [2.24, 2.45) is 0 Å². The summed E-state index contributed by atoms with van der Waals surface area (Å²) in [6.45, 7) is 1.64. The first kappa shape index (κ1) is 7.04. The summed E-state index contributed by atoms with van der Waals surface area (Å²) >= 11 is 1.68. The zero-order chi connectivity index (χ0) is 7.84. The molecule has 0 fully saturated rings. The van der Waals surface area contributed by atoms with Crippen molar-refractivity contribution < 1.29 is 4.79 Å². The highest BCUT2D eigenvalue weighted by molar-refractivity contribution is 7.14. The zero-order valence-corrected chi connectivity index (χ0v) is 7.33. The molecule has 0 amide bonds. The molecule has 1 aromatic heterocycles. The molecule has 1 aromatic rings. The number of thiophene rings is 1. The summed E-state index contributed by atoms with van der Waals surface area (Å²) in [6, 6.07) is 2.06. The third-order valence-corrected chi connectivity index (χ3v) is 3.43. The van der Waals surface area contributed by atoms with Crippen LogP contribution in [-0.4, -0.2) is 5.78 Å². The van der Waals surface area contributed by atoms with Gasteiger partial charge in [0.15, 0.2) is 5.78 Å². The van der Waals surface area contributed by atoms with Gasteiger partial charge in [-0.05, 0) is 37.8 Å². The Kier molecular flexibility index (Phi) is 1.57. The summed E-state index contributed by atoms with van der Waals surface area (Å²) in [5.41, 5.74) is 1.42. The van der Waals surface area contributed by atoms with E-state index in [0.29, 0.717) is 0 Å². The first-order valence-electron chi connectivity index (χ1n) is 3.90. The fourth-order valence-corrected chi connectivity index (χ4v) is 2.65. The van der Waals surface area contributed by atoms with Gasteiger partial charge in [-0.3, -0.25) is 4.79 Å². The molecule has 58 valence electrons. The minimum atomic E-state index is 0.212. The predicted octanol–water partition coefficient (Wildman–Crippen LogP) is 2.44. The Labute approximate surface area is 70.1 Å². The van der Waals surface area contributed by atoms with Gasteiger partial charge in [0, 0.05) is 4.88 Å². The van der Waals surface area contributed by atoms with Gasteiger partial charge < -0.3 is 0 Å². The van der Waals surface area contributed by atoms with Crippen molar-refractivity contribution in [2.45, 2.75) is 26.2 Å². The number of Topliss-reactive ketones (excluding diaryl/α,β-unsaturated/α-hetero) is 1. The molecular formula is C9H10OS. The highest BCUT2D eigenvalue weighted by Crippen LogP contribution is 2.30. The average molecular weight is 166 g/mol. The standard InChI is InChI=1S/C9H10OS/c1-6(10)9-5-7-3-2-4-8(7)11-9/h5H,2-4H2,1H3. The largest absolute Gasteiger partial charge is 0.294 e. The summed E-state index contributed by atoms with van der Waals surface area (Å²) in [7, 11) is 0. The second kappa shape index (κ2) is 2.45. The Bertz CT molecular complexity index is 277. The summed E-state index contributed by atoms with van der Waals surface area (Å²) in [5.74, 6) is 0.212. The SMILES string of the molecule is CC(=O)c1cc2c(s1)CCC2. The fraction of sp³-hybridized carbons (Fsp3) is 0.444. The van der Waals surface area contributed by atoms with E-state index >= 15 is 0 Å². The van der Waals surface area contributed by atoms with Crippen LogP contribution in [0.4, 0.5) is 0 Å². The van der Waals surface area contributed by atoms with E-state index in [4.69, 9.17) is 0 Å². The van der Waals surface area contributed by atoms with Crippen molar-refractivity contribution in [3.05, 3.63) is 21.4 Å². The Morgan fingerprint density at radius 1 is 1.55 bits per heavy atom. The van der Waals surface area contributed by atoms with Crippen LogP contribution in [0.15, 0.2) is 6.07 Å². The third-order valence-electron chi connectivity index (χ3n) is 2.09. The first-order valence-corrected chi connectivity index (χ1v) is 4.71. The number of aryl methyl sites for hydroxylation is 2. The molecule has 1 nitrogen and oxygen atoms in total. The van der Waals surface area contributed by atoms with Gasteiger partial charge in [0.25, 0.3) is 0 Å². The normalized spacial score (nSPS) is 15.0. The van der Waals surface area contributed by atoms with Crippen LogP contribution >= 0.6 is 11.3 Å². The monoisotopic (exact) mass is 166 g/mol. The molecular weight excluding hydrogens is 156 g/mol. The van der Waals surface area contributed by atoms with Gasteiger partial charge >= 0.3 is 0 Å². The Morgan fingerprint density at radius 3 is 3.00 bits per heavy atom. The van der Waals surface area contributed by atoms with Crippen LogP contribution < -0.4 is 0 Å². The summed E-state index contributed by atoms with van der Waals surface area (Å²) < 4.78 is 0. The van der Waals surface area contributed by atoms with Crippen LogP contribution in [0.1, 0.15) is 33.5 Å². The summed E-state index contributed by atoms with van der Waals surface area (Å²) in [4.78, 5) is 13.3. The second-order valence-electron chi connectivity index (χ2n) is 2.97. The van der Waals surface area contributed by atoms with E-state index < -0.39 is 0 Å². The molecule has 0 spiro atoms. The lowest BCUT2D eigenvalue weighted by Crippen LogP contribution is -1.85. The molecule has 1 aliphatic rings. The van der Waals surface area contributed by atoms with E-state index in [0.717, 1.165) is 4.88 Å². The van der Waals surface area contributed by atoms with E-state index in [1.807, 2.05) is 0 Å². The van der Waals surface area contributed by atoms with Crippen LogP contribution in [0, 0.1) is 0 Å². The smallest absolute Gasteiger partial charge is 0.169 e. The lowest BCUT2D eigenvalue weighted by atomic mass is 10.2. The molecule has 0 aliphatic heterocycles. The van der Waals surface area contributed by atoms with Crippen molar-refractivity contribution in [2.75, 3.05) is 0 Å². The average Bonchev–Trinajstić information content (AvgIpc) is 2.40. The van der Waals surface area contributed by atoms with Crippen LogP contribution in [0.5, 0.6) is 0 Å². The van der Waals surface area contributed by atoms with Crippen molar-refractivity contribution in [1.29, 1.82) is 0 Å². The van der Waals surface area contributed by atoms with E-state index in [2.05, 4.69) is 6.07 Å². The second-order valence-corrected chi connectivity index (χ2v) is 4.11. The molecule has 11 heavy (non-hydrogen) atoms. The maximum absolute atomic E-state index is 11.0. The number of carbonyl (C=O) groups is 1. The number of hydrogen-bond donors (Lipinski definition) is 0. The summed E-state index contributed by atoms with van der Waals surface area (Å²) in [5, 5.41) is 0. The Morgan fingerprint density at radius 2 is 2.36 bits per heavy atom. The molecule has 0 aromatic carbocycles. The minimum absolute atomic E-state index is 0.212. The van der Waals surface area contributed by atoms with Crippen LogP contribution in [0.2, 0.25) is 0 Å². The maximum Gasteiger partial charge on any atom is 0.169 e. The highest BCUT2D eigenvalue weighted by Gasteiger charge is 2.15. The van der Waals surface area contributed by atoms with Gasteiger partial charge in [-0.2, -0.15) is 0 Å². The number of fused-ring (bicyclic) bond motifs is 1. The van der Waals surface area contributed by atoms with E-state index in [1.54, 1.807) is 18.3 Å². The lowest BCUT2D eigenvalue weighted by molar-refractivity contribution is 0.102. The summed E-state index contributed by atoms with van der Waals surface area (Å²) in [6.07, 6.45) is 3.64. The number of ketones is 1. The van der Waals surface area contributed by atoms with E-state index in [1.165, 1.54) is 29.7 Å². The topological polar surface area (TPSA) is 17.1 Å².